The highest BCUT2D eigenvalue weighted by Gasteiger charge is 2.03. The lowest BCUT2D eigenvalue weighted by Crippen LogP contribution is -1.97. The van der Waals surface area contributed by atoms with Gasteiger partial charge >= 0.3 is 0 Å². The second kappa shape index (κ2) is 2.92. The normalized spacial score (nSPS) is 9.80. The molecule has 0 bridgehead atoms. The second-order valence-corrected chi connectivity index (χ2v) is 2.53. The molecule has 0 spiro atoms. The molecule has 0 atom stereocenters. The Labute approximate surface area is 65.7 Å². The average Bonchev–Trinajstić information content (AvgIpc) is 2.34. The Morgan fingerprint density at radius 2 is 2.60 bits per heavy atom. The van der Waals surface area contributed by atoms with Crippen molar-refractivity contribution in [2.24, 2.45) is 0 Å². The maximum atomic E-state index is 5.03. The van der Waals surface area contributed by atoms with Crippen LogP contribution >= 0.6 is 12.2 Å². The molecule has 2 nitrogen and oxygen atoms in total. The number of aryl methyl sites for hydroxylation is 1. The number of aromatic nitrogens is 2. The van der Waals surface area contributed by atoms with Gasteiger partial charge in [-0.05, 0) is 20.3 Å². The largest absolute Gasteiger partial charge is 0.344 e. The van der Waals surface area contributed by atoms with Crippen molar-refractivity contribution in [2.45, 2.75) is 13.3 Å². The van der Waals surface area contributed by atoms with Gasteiger partial charge in [0.25, 0.3) is 0 Å². The van der Waals surface area contributed by atoms with Crippen LogP contribution in [-0.4, -0.2) is 14.8 Å². The first-order chi connectivity index (χ1) is 4.75. The molecule has 0 unspecified atom stereocenters. The maximum Gasteiger partial charge on any atom is 0.0927 e. The number of rotatable bonds is 2. The summed E-state index contributed by atoms with van der Waals surface area (Å²) in [6.45, 7) is 5.62. The monoisotopic (exact) mass is 153 g/mol. The molecule has 0 saturated carbocycles. The highest BCUT2D eigenvalue weighted by atomic mass is 32.1. The van der Waals surface area contributed by atoms with E-state index in [2.05, 4.69) is 16.9 Å². The Hall–Kier alpha value is -0.700. The minimum Gasteiger partial charge on any atom is -0.344 e. The summed E-state index contributed by atoms with van der Waals surface area (Å²) in [4.78, 5) is 7.82. The quantitative estimate of drug-likeness (QED) is 0.517. The fourth-order valence-corrected chi connectivity index (χ4v) is 0.977. The molecule has 1 radical (unpaired) electrons. The first-order valence-corrected chi connectivity index (χ1v) is 3.49. The van der Waals surface area contributed by atoms with Crippen LogP contribution in [0.2, 0.25) is 0 Å². The first kappa shape index (κ1) is 7.41. The van der Waals surface area contributed by atoms with Crippen molar-refractivity contribution in [2.75, 3.05) is 0 Å². The molecule has 0 aromatic carbocycles. The van der Waals surface area contributed by atoms with Crippen molar-refractivity contribution in [3.05, 3.63) is 24.6 Å². The highest BCUT2D eigenvalue weighted by molar-refractivity contribution is 7.80. The van der Waals surface area contributed by atoms with E-state index in [1.54, 1.807) is 6.33 Å². The van der Waals surface area contributed by atoms with Gasteiger partial charge < -0.3 is 4.98 Å². The standard InChI is InChI=1S/C7H9N2S/c1-3-6(10)7-5(2)8-4-9-7/h4H,1,3H2,2H3,(H,8,9). The molecule has 3 heteroatoms. The zero-order chi connectivity index (χ0) is 7.56. The van der Waals surface area contributed by atoms with Crippen LogP contribution in [0.25, 0.3) is 0 Å². The molecule has 1 N–H and O–H groups in total. The molecule has 0 amide bonds. The third-order valence-electron chi connectivity index (χ3n) is 1.33. The second-order valence-electron chi connectivity index (χ2n) is 2.04. The van der Waals surface area contributed by atoms with E-state index in [0.29, 0.717) is 6.42 Å². The molecule has 1 heterocycles. The number of nitrogens with zero attached hydrogens (tertiary/aromatic N) is 1. The van der Waals surface area contributed by atoms with Crippen molar-refractivity contribution < 1.29 is 0 Å². The number of hydrogen-bond acceptors (Lipinski definition) is 2. The van der Waals surface area contributed by atoms with Gasteiger partial charge in [0.1, 0.15) is 0 Å². The smallest absolute Gasteiger partial charge is 0.0927 e. The van der Waals surface area contributed by atoms with Crippen molar-refractivity contribution in [3.63, 3.8) is 0 Å². The zero-order valence-corrected chi connectivity index (χ0v) is 6.66. The Bertz CT molecular complexity index is 240. The van der Waals surface area contributed by atoms with E-state index in [1.165, 1.54) is 0 Å². The van der Waals surface area contributed by atoms with Crippen molar-refractivity contribution >= 4 is 17.1 Å². The van der Waals surface area contributed by atoms with Gasteiger partial charge in [-0.25, -0.2) is 4.98 Å². The maximum absolute atomic E-state index is 5.03. The molecule has 1 aromatic heterocycles. The zero-order valence-electron chi connectivity index (χ0n) is 5.85. The number of nitrogens with one attached hydrogen (secondary N) is 1. The Kier molecular flexibility index (Phi) is 2.17. The third-order valence-corrected chi connectivity index (χ3v) is 1.74. The van der Waals surface area contributed by atoms with Crippen molar-refractivity contribution in [1.29, 1.82) is 0 Å². The van der Waals surface area contributed by atoms with Crippen LogP contribution in [-0.2, 0) is 0 Å². The van der Waals surface area contributed by atoms with Crippen molar-refractivity contribution in [1.82, 2.24) is 9.97 Å². The minimum atomic E-state index is 0.651. The van der Waals surface area contributed by atoms with E-state index < -0.39 is 0 Å². The molecule has 1 aromatic rings. The summed E-state index contributed by atoms with van der Waals surface area (Å²) in [5.41, 5.74) is 1.90. The summed E-state index contributed by atoms with van der Waals surface area (Å²) in [7, 11) is 0. The molecule has 1 rings (SSSR count). The highest BCUT2D eigenvalue weighted by Crippen LogP contribution is 2.04. The summed E-state index contributed by atoms with van der Waals surface area (Å²) >= 11 is 5.03. The average molecular weight is 153 g/mol. The van der Waals surface area contributed by atoms with E-state index in [4.69, 9.17) is 12.2 Å². The van der Waals surface area contributed by atoms with Crippen LogP contribution < -0.4 is 0 Å². The molecular formula is C7H9N2S. The van der Waals surface area contributed by atoms with Gasteiger partial charge in [-0.15, -0.1) is 0 Å². The topological polar surface area (TPSA) is 28.7 Å². The molecule has 0 fully saturated rings. The van der Waals surface area contributed by atoms with E-state index in [-0.39, 0.29) is 0 Å². The van der Waals surface area contributed by atoms with Crippen LogP contribution in [0.1, 0.15) is 17.8 Å². The molecule has 0 saturated heterocycles. The summed E-state index contributed by atoms with van der Waals surface area (Å²) < 4.78 is 0. The van der Waals surface area contributed by atoms with Crippen LogP contribution in [0, 0.1) is 13.8 Å². The van der Waals surface area contributed by atoms with Gasteiger partial charge in [0.2, 0.25) is 0 Å². The van der Waals surface area contributed by atoms with Crippen LogP contribution in [0.3, 0.4) is 0 Å². The van der Waals surface area contributed by atoms with Crippen LogP contribution in [0.15, 0.2) is 6.33 Å². The molecule has 0 aliphatic heterocycles. The SMILES string of the molecule is [CH2]CC(=S)c1[nH]cnc1C. The number of hydrogen-bond donors (Lipinski definition) is 1. The van der Waals surface area contributed by atoms with Gasteiger partial charge in [-0.3, -0.25) is 0 Å². The fraction of sp³-hybridized carbons (Fsp3) is 0.286. The van der Waals surface area contributed by atoms with E-state index >= 15 is 0 Å². The van der Waals surface area contributed by atoms with E-state index in [1.807, 2.05) is 6.92 Å². The number of aromatic amines is 1. The number of thiocarbonyl (C=S) groups is 1. The predicted octanol–water partition coefficient (Wildman–Crippen LogP) is 1.66. The molecule has 10 heavy (non-hydrogen) atoms. The molecule has 53 valence electrons. The van der Waals surface area contributed by atoms with Gasteiger partial charge in [0.15, 0.2) is 0 Å². The van der Waals surface area contributed by atoms with Crippen molar-refractivity contribution in [3.8, 4) is 0 Å². The molecule has 0 aliphatic rings. The summed E-state index contributed by atoms with van der Waals surface area (Å²) in [6, 6.07) is 0. The molecular weight excluding hydrogens is 144 g/mol. The lowest BCUT2D eigenvalue weighted by atomic mass is 10.2. The Morgan fingerprint density at radius 1 is 1.90 bits per heavy atom. The Balaban J connectivity index is 2.93. The third kappa shape index (κ3) is 1.24. The molecule has 0 aliphatic carbocycles. The van der Waals surface area contributed by atoms with Gasteiger partial charge in [0, 0.05) is 4.86 Å². The summed E-state index contributed by atoms with van der Waals surface area (Å²) in [5.74, 6) is 0. The lowest BCUT2D eigenvalue weighted by molar-refractivity contribution is 1.25. The summed E-state index contributed by atoms with van der Waals surface area (Å²) in [5, 5.41) is 0. The minimum absolute atomic E-state index is 0.651. The lowest BCUT2D eigenvalue weighted by Gasteiger charge is -1.95. The summed E-state index contributed by atoms with van der Waals surface area (Å²) in [6.07, 6.45) is 2.30. The van der Waals surface area contributed by atoms with Gasteiger partial charge in [-0.1, -0.05) is 12.2 Å². The van der Waals surface area contributed by atoms with Crippen LogP contribution in [0.5, 0.6) is 0 Å². The van der Waals surface area contributed by atoms with Gasteiger partial charge in [0.05, 0.1) is 17.7 Å². The number of H-pyrrole nitrogens is 1. The van der Waals surface area contributed by atoms with Gasteiger partial charge in [-0.2, -0.15) is 0 Å². The fourth-order valence-electron chi connectivity index (χ4n) is 0.770. The first-order valence-electron chi connectivity index (χ1n) is 3.08. The predicted molar refractivity (Wildman–Crippen MR) is 45.0 cm³/mol. The van der Waals surface area contributed by atoms with Crippen LogP contribution in [0.4, 0.5) is 0 Å². The number of imidazole rings is 1. The van der Waals surface area contributed by atoms with E-state index in [0.717, 1.165) is 16.3 Å². The van der Waals surface area contributed by atoms with E-state index in [9.17, 15) is 0 Å². The Morgan fingerprint density at radius 3 is 3.00 bits per heavy atom.